The number of carboxylic acid groups (broad SMARTS) is 1. The van der Waals surface area contributed by atoms with Gasteiger partial charge in [-0.15, -0.1) is 0 Å². The van der Waals surface area contributed by atoms with Gasteiger partial charge in [-0.1, -0.05) is 123 Å². The fraction of sp³-hybridized carbons (Fsp3) is 0.889. The van der Waals surface area contributed by atoms with Crippen molar-refractivity contribution < 1.29 is 33.8 Å². The van der Waals surface area contributed by atoms with Gasteiger partial charge >= 0.3 is 17.9 Å². The Morgan fingerprint density at radius 2 is 1.09 bits per heavy atom. The zero-order chi connectivity index (χ0) is 34.1. The summed E-state index contributed by atoms with van der Waals surface area (Å²) < 4.78 is 11.2. The summed E-state index contributed by atoms with van der Waals surface area (Å²) in [6.07, 6.45) is 23.3. The average molecular weight is 673 g/mol. The lowest BCUT2D eigenvalue weighted by molar-refractivity contribution is -0.157. The molecule has 0 saturated carbocycles. The van der Waals surface area contributed by atoms with Gasteiger partial charge in [0.25, 0.3) is 0 Å². The standard InChI is InChI=1S/C36H68N2O7S/c1-3-5-7-9-11-13-15-17-21-25-34(41)44-28-31(45-35(42)26-22-18-16-14-12-10-8-6-4-2)29-46-30-32(37)36(43)38-27-23-19-20-24-33(39)40/h31-32H,3-30,37H2,1-2H3,(H,38,43)(H,39,40). The molecule has 0 aromatic heterocycles. The number of ether oxygens (including phenoxy) is 2. The van der Waals surface area contributed by atoms with E-state index in [-0.39, 0.29) is 30.9 Å². The molecule has 0 aromatic carbocycles. The molecule has 2 atom stereocenters. The van der Waals surface area contributed by atoms with Gasteiger partial charge in [-0.2, -0.15) is 11.8 Å². The molecule has 0 aliphatic heterocycles. The first-order chi connectivity index (χ1) is 22.3. The zero-order valence-electron chi connectivity index (χ0n) is 29.3. The van der Waals surface area contributed by atoms with E-state index >= 15 is 0 Å². The van der Waals surface area contributed by atoms with Crippen molar-refractivity contribution in [2.45, 2.75) is 180 Å². The van der Waals surface area contributed by atoms with Crippen LogP contribution in [0.25, 0.3) is 0 Å². The maximum absolute atomic E-state index is 12.6. The Morgan fingerprint density at radius 1 is 0.630 bits per heavy atom. The van der Waals surface area contributed by atoms with Crippen LogP contribution in [-0.2, 0) is 28.7 Å². The second kappa shape index (κ2) is 33.1. The molecule has 46 heavy (non-hydrogen) atoms. The van der Waals surface area contributed by atoms with Crippen LogP contribution in [-0.4, -0.2) is 65.7 Å². The number of rotatable bonds is 34. The molecule has 270 valence electrons. The van der Waals surface area contributed by atoms with Crippen LogP contribution in [0.4, 0.5) is 0 Å². The van der Waals surface area contributed by atoms with E-state index in [0.717, 1.165) is 44.9 Å². The first kappa shape index (κ1) is 44.2. The lowest BCUT2D eigenvalue weighted by Crippen LogP contribution is -2.43. The highest BCUT2D eigenvalue weighted by Gasteiger charge is 2.19. The summed E-state index contributed by atoms with van der Waals surface area (Å²) >= 11 is 1.40. The van der Waals surface area contributed by atoms with Gasteiger partial charge in [0, 0.05) is 37.3 Å². The van der Waals surface area contributed by atoms with E-state index in [4.69, 9.17) is 20.3 Å². The van der Waals surface area contributed by atoms with Crippen LogP contribution in [0.5, 0.6) is 0 Å². The summed E-state index contributed by atoms with van der Waals surface area (Å²) in [7, 11) is 0. The van der Waals surface area contributed by atoms with Gasteiger partial charge in [0.15, 0.2) is 0 Å². The molecule has 4 N–H and O–H groups in total. The lowest BCUT2D eigenvalue weighted by atomic mass is 10.1. The maximum atomic E-state index is 12.6. The molecular formula is C36H68N2O7S. The first-order valence-electron chi connectivity index (χ1n) is 18.5. The minimum absolute atomic E-state index is 0.00450. The molecule has 9 nitrogen and oxygen atoms in total. The summed E-state index contributed by atoms with van der Waals surface area (Å²) in [4.78, 5) is 47.9. The molecule has 0 radical (unpaired) electrons. The van der Waals surface area contributed by atoms with Crippen LogP contribution >= 0.6 is 11.8 Å². The monoisotopic (exact) mass is 672 g/mol. The molecule has 0 bridgehead atoms. The van der Waals surface area contributed by atoms with Crippen LogP contribution in [0.15, 0.2) is 0 Å². The second-order valence-corrected chi connectivity index (χ2v) is 13.7. The van der Waals surface area contributed by atoms with Gasteiger partial charge in [-0.25, -0.2) is 0 Å². The minimum atomic E-state index is -0.816. The summed E-state index contributed by atoms with van der Waals surface area (Å²) in [5, 5.41) is 11.5. The van der Waals surface area contributed by atoms with Crippen molar-refractivity contribution in [2.24, 2.45) is 5.73 Å². The number of unbranched alkanes of at least 4 members (excludes halogenated alkanes) is 18. The maximum Gasteiger partial charge on any atom is 0.306 e. The van der Waals surface area contributed by atoms with Crippen molar-refractivity contribution in [3.8, 4) is 0 Å². The van der Waals surface area contributed by atoms with E-state index in [2.05, 4.69) is 19.2 Å². The first-order valence-corrected chi connectivity index (χ1v) is 19.6. The fourth-order valence-corrected chi connectivity index (χ4v) is 6.07. The summed E-state index contributed by atoms with van der Waals surface area (Å²) in [5.41, 5.74) is 6.06. The smallest absolute Gasteiger partial charge is 0.306 e. The summed E-state index contributed by atoms with van der Waals surface area (Å²) in [6.45, 7) is 4.89. The number of carbonyl (C=O) groups is 4. The summed E-state index contributed by atoms with van der Waals surface area (Å²) in [6, 6.07) is -0.725. The largest absolute Gasteiger partial charge is 0.481 e. The molecule has 0 aliphatic rings. The Hall–Kier alpha value is -1.81. The number of carboxylic acids is 1. The average Bonchev–Trinajstić information content (AvgIpc) is 3.03. The number of carbonyl (C=O) groups excluding carboxylic acids is 3. The number of hydrogen-bond acceptors (Lipinski definition) is 8. The van der Waals surface area contributed by atoms with E-state index < -0.39 is 18.1 Å². The Labute approximate surface area is 284 Å². The molecule has 1 amide bonds. The van der Waals surface area contributed by atoms with Gasteiger partial charge < -0.3 is 25.6 Å². The van der Waals surface area contributed by atoms with E-state index in [0.29, 0.717) is 43.7 Å². The van der Waals surface area contributed by atoms with Crippen LogP contribution < -0.4 is 11.1 Å². The van der Waals surface area contributed by atoms with Gasteiger partial charge in [-0.05, 0) is 25.7 Å². The number of aliphatic carboxylic acids is 1. The summed E-state index contributed by atoms with van der Waals surface area (Å²) in [5.74, 6) is -0.920. The number of hydrogen-bond donors (Lipinski definition) is 3. The van der Waals surface area contributed by atoms with E-state index in [9.17, 15) is 19.2 Å². The number of amides is 1. The predicted molar refractivity (Wildman–Crippen MR) is 189 cm³/mol. The molecule has 0 rings (SSSR count). The third kappa shape index (κ3) is 30.8. The molecule has 2 unspecified atom stereocenters. The van der Waals surface area contributed by atoms with Crippen LogP contribution in [0.2, 0.25) is 0 Å². The van der Waals surface area contributed by atoms with E-state index in [1.54, 1.807) is 0 Å². The van der Waals surface area contributed by atoms with Crippen LogP contribution in [0, 0.1) is 0 Å². The number of nitrogens with one attached hydrogen (secondary N) is 1. The number of thioether (sulfide) groups is 1. The molecule has 0 fully saturated rings. The van der Waals surface area contributed by atoms with Crippen molar-refractivity contribution in [1.82, 2.24) is 5.32 Å². The van der Waals surface area contributed by atoms with E-state index in [1.807, 2.05) is 0 Å². The van der Waals surface area contributed by atoms with Crippen molar-refractivity contribution in [1.29, 1.82) is 0 Å². The fourth-order valence-electron chi connectivity index (χ4n) is 5.10. The normalized spacial score (nSPS) is 12.4. The second-order valence-electron chi connectivity index (χ2n) is 12.6. The Morgan fingerprint density at radius 3 is 1.61 bits per heavy atom. The molecule has 0 aliphatic carbocycles. The van der Waals surface area contributed by atoms with Gasteiger partial charge in [0.2, 0.25) is 5.91 Å². The number of nitrogens with two attached hydrogens (primary N) is 1. The molecule has 0 heterocycles. The lowest BCUT2D eigenvalue weighted by Gasteiger charge is -2.19. The van der Waals surface area contributed by atoms with Gasteiger partial charge in [0.1, 0.15) is 12.7 Å². The molecule has 10 heteroatoms. The third-order valence-corrected chi connectivity index (χ3v) is 9.20. The zero-order valence-corrected chi connectivity index (χ0v) is 30.2. The molecule has 0 saturated heterocycles. The van der Waals surface area contributed by atoms with E-state index in [1.165, 1.54) is 88.8 Å². The van der Waals surface area contributed by atoms with Crippen LogP contribution in [0.1, 0.15) is 168 Å². The molecular weight excluding hydrogens is 604 g/mol. The highest BCUT2D eigenvalue weighted by atomic mass is 32.2. The van der Waals surface area contributed by atoms with Crippen molar-refractivity contribution in [3.63, 3.8) is 0 Å². The SMILES string of the molecule is CCCCCCCCCCCC(=O)OCC(CSCC(N)C(=O)NCCCCCC(=O)O)OC(=O)CCCCCCCCCCC. The quantitative estimate of drug-likeness (QED) is 0.0456. The van der Waals surface area contributed by atoms with Crippen molar-refractivity contribution in [2.75, 3.05) is 24.7 Å². The predicted octanol–water partition coefficient (Wildman–Crippen LogP) is 8.10. The Balaban J connectivity index is 4.47. The van der Waals surface area contributed by atoms with Gasteiger partial charge in [0.05, 0.1) is 6.04 Å². The minimum Gasteiger partial charge on any atom is -0.481 e. The topological polar surface area (TPSA) is 145 Å². The van der Waals surface area contributed by atoms with Crippen LogP contribution in [0.3, 0.4) is 0 Å². The van der Waals surface area contributed by atoms with Crippen molar-refractivity contribution in [3.05, 3.63) is 0 Å². The van der Waals surface area contributed by atoms with Crippen molar-refractivity contribution >= 4 is 35.6 Å². The Bertz CT molecular complexity index is 769. The number of esters is 2. The van der Waals surface area contributed by atoms with Gasteiger partial charge in [-0.3, -0.25) is 19.2 Å². The molecule has 0 spiro atoms. The highest BCUT2D eigenvalue weighted by molar-refractivity contribution is 7.99. The highest BCUT2D eigenvalue weighted by Crippen LogP contribution is 2.14. The third-order valence-electron chi connectivity index (χ3n) is 8.00. The molecule has 0 aromatic rings. The Kier molecular flexibility index (Phi) is 31.8.